The van der Waals surface area contributed by atoms with Crippen LogP contribution in [0.3, 0.4) is 0 Å². The van der Waals surface area contributed by atoms with Crippen LogP contribution in [0, 0.1) is 16.7 Å². The number of rotatable bonds is 2. The zero-order valence-electron chi connectivity index (χ0n) is 12.8. The van der Waals surface area contributed by atoms with Crippen LogP contribution >= 0.6 is 0 Å². The molecule has 2 fully saturated rings. The van der Waals surface area contributed by atoms with Gasteiger partial charge >= 0.3 is 0 Å². The molecule has 1 nitrogen and oxygen atoms in total. The van der Waals surface area contributed by atoms with Crippen molar-refractivity contribution in [2.24, 2.45) is 16.7 Å². The highest BCUT2D eigenvalue weighted by Crippen LogP contribution is 2.58. The van der Waals surface area contributed by atoms with Gasteiger partial charge in [0.25, 0.3) is 0 Å². The largest absolute Gasteiger partial charge is 0.298 e. The quantitative estimate of drug-likeness (QED) is 0.691. The lowest BCUT2D eigenvalue weighted by atomic mass is 9.53. The maximum absolute atomic E-state index is 2.70. The Hall–Kier alpha value is -0.0400. The fourth-order valence-electron chi connectivity index (χ4n) is 3.67. The van der Waals surface area contributed by atoms with E-state index in [-0.39, 0.29) is 0 Å². The summed E-state index contributed by atoms with van der Waals surface area (Å²) in [6, 6.07) is 0. The Balaban J connectivity index is 1.92. The molecule has 17 heavy (non-hydrogen) atoms. The minimum atomic E-state index is 0.370. The van der Waals surface area contributed by atoms with Crippen molar-refractivity contribution >= 4 is 0 Å². The fourth-order valence-corrected chi connectivity index (χ4v) is 3.67. The monoisotopic (exact) mass is 237 g/mol. The Kier molecular flexibility index (Phi) is 3.14. The zero-order chi connectivity index (χ0) is 12.9. The average molecular weight is 237 g/mol. The van der Waals surface area contributed by atoms with Crippen LogP contribution in [0.2, 0.25) is 0 Å². The van der Waals surface area contributed by atoms with E-state index in [1.54, 1.807) is 0 Å². The van der Waals surface area contributed by atoms with Gasteiger partial charge in [-0.3, -0.25) is 4.90 Å². The van der Waals surface area contributed by atoms with Gasteiger partial charge in [-0.1, -0.05) is 27.2 Å². The number of hydrogen-bond acceptors (Lipinski definition) is 1. The van der Waals surface area contributed by atoms with Crippen molar-refractivity contribution in [2.45, 2.75) is 72.8 Å². The first-order valence-corrected chi connectivity index (χ1v) is 7.44. The molecule has 2 rings (SSSR count). The highest BCUT2D eigenvalue weighted by molar-refractivity contribution is 5.04. The maximum atomic E-state index is 2.70. The molecular formula is C16H31N. The van der Waals surface area contributed by atoms with Crippen LogP contribution in [-0.4, -0.2) is 23.5 Å². The minimum absolute atomic E-state index is 0.370. The Morgan fingerprint density at radius 1 is 1.12 bits per heavy atom. The number of nitrogens with zero attached hydrogens (tertiary/aromatic N) is 1. The van der Waals surface area contributed by atoms with E-state index in [0.29, 0.717) is 16.4 Å². The Morgan fingerprint density at radius 2 is 1.71 bits per heavy atom. The molecule has 1 heteroatoms. The third-order valence-electron chi connectivity index (χ3n) is 5.76. The maximum Gasteiger partial charge on any atom is 0.0125 e. The lowest BCUT2D eigenvalue weighted by molar-refractivity contribution is -0.0216. The van der Waals surface area contributed by atoms with Crippen molar-refractivity contribution < 1.29 is 0 Å². The molecule has 0 atom stereocenters. The normalized spacial score (nSPS) is 35.3. The summed E-state index contributed by atoms with van der Waals surface area (Å²) in [5, 5.41) is 0. The van der Waals surface area contributed by atoms with Crippen LogP contribution in [-0.2, 0) is 0 Å². The van der Waals surface area contributed by atoms with Crippen LogP contribution in [0.25, 0.3) is 0 Å². The van der Waals surface area contributed by atoms with Crippen molar-refractivity contribution in [3.8, 4) is 0 Å². The molecule has 2 aliphatic rings. The number of likely N-dealkylation sites (tertiary alicyclic amines) is 1. The van der Waals surface area contributed by atoms with Gasteiger partial charge in [0.15, 0.2) is 0 Å². The first-order valence-electron chi connectivity index (χ1n) is 7.44. The molecule has 100 valence electrons. The molecule has 0 bridgehead atoms. The van der Waals surface area contributed by atoms with E-state index in [4.69, 9.17) is 0 Å². The number of hydrogen-bond donors (Lipinski definition) is 0. The highest BCUT2D eigenvalue weighted by atomic mass is 15.2. The van der Waals surface area contributed by atoms with E-state index in [1.165, 1.54) is 38.8 Å². The van der Waals surface area contributed by atoms with Gasteiger partial charge in [0, 0.05) is 12.1 Å². The van der Waals surface area contributed by atoms with E-state index < -0.39 is 0 Å². The summed E-state index contributed by atoms with van der Waals surface area (Å²) >= 11 is 0. The van der Waals surface area contributed by atoms with Crippen molar-refractivity contribution in [2.75, 3.05) is 13.1 Å². The Morgan fingerprint density at radius 3 is 2.12 bits per heavy atom. The van der Waals surface area contributed by atoms with E-state index >= 15 is 0 Å². The molecule has 1 spiro atoms. The minimum Gasteiger partial charge on any atom is -0.298 e. The van der Waals surface area contributed by atoms with Crippen molar-refractivity contribution in [3.05, 3.63) is 0 Å². The smallest absolute Gasteiger partial charge is 0.0125 e. The summed E-state index contributed by atoms with van der Waals surface area (Å²) in [6.45, 7) is 17.0. The Bertz CT molecular complexity index is 278. The standard InChI is InChI=1S/C16H31N/c1-7-15(5,6)13-10-16(11-13)8-9-17(12-16)14(2,3)4/h13H,7-12H2,1-6H3. The third-order valence-corrected chi connectivity index (χ3v) is 5.76. The molecule has 0 aromatic heterocycles. The van der Waals surface area contributed by atoms with Crippen LogP contribution in [0.1, 0.15) is 67.2 Å². The summed E-state index contributed by atoms with van der Waals surface area (Å²) in [6.07, 6.45) is 5.75. The second-order valence-corrected chi connectivity index (χ2v) is 8.29. The van der Waals surface area contributed by atoms with E-state index in [1.807, 2.05) is 0 Å². The summed E-state index contributed by atoms with van der Waals surface area (Å²) in [5.74, 6) is 0.979. The van der Waals surface area contributed by atoms with Crippen LogP contribution < -0.4 is 0 Å². The lowest BCUT2D eigenvalue weighted by Crippen LogP contribution is -2.48. The van der Waals surface area contributed by atoms with Crippen molar-refractivity contribution in [1.82, 2.24) is 4.90 Å². The van der Waals surface area contributed by atoms with Crippen LogP contribution in [0.4, 0.5) is 0 Å². The molecule has 0 amide bonds. The molecule has 0 N–H and O–H groups in total. The van der Waals surface area contributed by atoms with Gasteiger partial charge in [-0.2, -0.15) is 0 Å². The van der Waals surface area contributed by atoms with E-state index in [0.717, 1.165) is 5.92 Å². The van der Waals surface area contributed by atoms with E-state index in [9.17, 15) is 0 Å². The van der Waals surface area contributed by atoms with Crippen LogP contribution in [0.5, 0.6) is 0 Å². The van der Waals surface area contributed by atoms with Gasteiger partial charge < -0.3 is 0 Å². The molecule has 0 aromatic rings. The first-order chi connectivity index (χ1) is 7.69. The van der Waals surface area contributed by atoms with Gasteiger partial charge in [0.1, 0.15) is 0 Å². The average Bonchev–Trinajstić information content (AvgIpc) is 2.59. The van der Waals surface area contributed by atoms with Gasteiger partial charge in [-0.05, 0) is 63.3 Å². The molecule has 0 unspecified atom stereocenters. The van der Waals surface area contributed by atoms with Gasteiger partial charge in [-0.15, -0.1) is 0 Å². The second kappa shape index (κ2) is 3.98. The predicted molar refractivity (Wildman–Crippen MR) is 75.2 cm³/mol. The first kappa shape index (κ1) is 13.4. The molecular weight excluding hydrogens is 206 g/mol. The highest BCUT2D eigenvalue weighted by Gasteiger charge is 2.53. The molecule has 1 aliphatic heterocycles. The SMILES string of the molecule is CCC(C)(C)C1CC2(CCN(C(C)(C)C)C2)C1. The van der Waals surface area contributed by atoms with Crippen molar-refractivity contribution in [3.63, 3.8) is 0 Å². The third kappa shape index (κ3) is 2.41. The molecule has 0 radical (unpaired) electrons. The molecule has 1 saturated carbocycles. The zero-order valence-corrected chi connectivity index (χ0v) is 12.8. The lowest BCUT2D eigenvalue weighted by Gasteiger charge is -2.52. The molecule has 0 aromatic carbocycles. The van der Waals surface area contributed by atoms with Gasteiger partial charge in [0.05, 0.1) is 0 Å². The second-order valence-electron chi connectivity index (χ2n) is 8.29. The van der Waals surface area contributed by atoms with Gasteiger partial charge in [-0.25, -0.2) is 0 Å². The molecule has 1 saturated heterocycles. The summed E-state index contributed by atoms with van der Waals surface area (Å²) in [5.41, 5.74) is 1.64. The van der Waals surface area contributed by atoms with Gasteiger partial charge in [0.2, 0.25) is 0 Å². The topological polar surface area (TPSA) is 3.24 Å². The fraction of sp³-hybridized carbons (Fsp3) is 1.00. The predicted octanol–water partition coefficient (Wildman–Crippen LogP) is 4.32. The van der Waals surface area contributed by atoms with Crippen molar-refractivity contribution in [1.29, 1.82) is 0 Å². The molecule has 1 aliphatic carbocycles. The summed E-state index contributed by atoms with van der Waals surface area (Å²) in [4.78, 5) is 2.70. The Labute approximate surface area is 108 Å². The van der Waals surface area contributed by atoms with Crippen LogP contribution in [0.15, 0.2) is 0 Å². The summed E-state index contributed by atoms with van der Waals surface area (Å²) < 4.78 is 0. The van der Waals surface area contributed by atoms with E-state index in [2.05, 4.69) is 46.4 Å². The molecule has 1 heterocycles. The summed E-state index contributed by atoms with van der Waals surface area (Å²) in [7, 11) is 0.